The maximum absolute atomic E-state index is 12.0. The van der Waals surface area contributed by atoms with E-state index in [1.165, 1.54) is 0 Å². The Bertz CT molecular complexity index is 455. The molecule has 0 radical (unpaired) electrons. The Labute approximate surface area is 120 Å². The molecular formula is C15H22ClNO2. The van der Waals surface area contributed by atoms with Gasteiger partial charge in [0.25, 0.3) is 5.91 Å². The number of amides is 1. The molecule has 0 saturated heterocycles. The molecule has 1 aromatic carbocycles. The molecule has 4 heteroatoms. The lowest BCUT2D eigenvalue weighted by Crippen LogP contribution is -2.35. The third kappa shape index (κ3) is 5.21. The lowest BCUT2D eigenvalue weighted by molar-refractivity contribution is 0.0902. The molecule has 19 heavy (non-hydrogen) atoms. The molecule has 0 spiro atoms. The normalized spacial score (nSPS) is 13.2. The highest BCUT2D eigenvalue weighted by atomic mass is 35.5. The van der Waals surface area contributed by atoms with Gasteiger partial charge in [-0.2, -0.15) is 0 Å². The molecule has 0 saturated carbocycles. The van der Waals surface area contributed by atoms with Gasteiger partial charge in [0.15, 0.2) is 0 Å². The van der Waals surface area contributed by atoms with E-state index in [0.717, 1.165) is 5.56 Å². The van der Waals surface area contributed by atoms with Crippen molar-refractivity contribution in [1.82, 2.24) is 5.32 Å². The highest BCUT2D eigenvalue weighted by Gasteiger charge is 2.21. The minimum absolute atomic E-state index is 0.113. The zero-order valence-electron chi connectivity index (χ0n) is 12.0. The Balaban J connectivity index is 2.62. The number of rotatable bonds is 5. The summed E-state index contributed by atoms with van der Waals surface area (Å²) in [5.74, 6) is -0.113. The summed E-state index contributed by atoms with van der Waals surface area (Å²) in [6.45, 7) is 8.20. The second-order valence-electron chi connectivity index (χ2n) is 5.86. The predicted molar refractivity (Wildman–Crippen MR) is 78.6 cm³/mol. The summed E-state index contributed by atoms with van der Waals surface area (Å²) in [4.78, 5) is 12.0. The number of aliphatic hydroxyl groups is 1. The van der Waals surface area contributed by atoms with E-state index in [-0.39, 0.29) is 17.4 Å². The average Bonchev–Trinajstić information content (AvgIpc) is 2.28. The van der Waals surface area contributed by atoms with Gasteiger partial charge < -0.3 is 10.4 Å². The monoisotopic (exact) mass is 283 g/mol. The molecule has 0 fully saturated rings. The molecular weight excluding hydrogens is 262 g/mol. The number of halogens is 1. The molecule has 1 rings (SSSR count). The summed E-state index contributed by atoms with van der Waals surface area (Å²) >= 11 is 5.93. The topological polar surface area (TPSA) is 49.3 Å². The maximum atomic E-state index is 12.0. The van der Waals surface area contributed by atoms with Gasteiger partial charge in [-0.3, -0.25) is 4.79 Å². The summed E-state index contributed by atoms with van der Waals surface area (Å²) in [7, 11) is 0. The van der Waals surface area contributed by atoms with E-state index >= 15 is 0 Å². The van der Waals surface area contributed by atoms with E-state index in [0.29, 0.717) is 23.6 Å². The highest BCUT2D eigenvalue weighted by Crippen LogP contribution is 2.21. The Kier molecular flexibility index (Phi) is 5.39. The first-order valence-electron chi connectivity index (χ1n) is 6.44. The number of carbonyl (C=O) groups is 1. The van der Waals surface area contributed by atoms with Crippen LogP contribution in [-0.2, 0) is 0 Å². The molecule has 1 amide bonds. The molecule has 0 aliphatic rings. The van der Waals surface area contributed by atoms with Crippen molar-refractivity contribution in [2.24, 2.45) is 5.41 Å². The van der Waals surface area contributed by atoms with Gasteiger partial charge in [0.1, 0.15) is 0 Å². The van der Waals surface area contributed by atoms with Crippen molar-refractivity contribution in [2.45, 2.75) is 40.2 Å². The first kappa shape index (κ1) is 16.0. The van der Waals surface area contributed by atoms with Crippen LogP contribution in [0, 0.1) is 12.3 Å². The molecule has 106 valence electrons. The van der Waals surface area contributed by atoms with Crippen LogP contribution < -0.4 is 5.32 Å². The second-order valence-corrected chi connectivity index (χ2v) is 6.27. The number of aliphatic hydroxyl groups excluding tert-OH is 1. The molecule has 2 N–H and O–H groups in total. The first-order valence-corrected chi connectivity index (χ1v) is 6.81. The maximum Gasteiger partial charge on any atom is 0.251 e. The minimum atomic E-state index is -0.371. The summed E-state index contributed by atoms with van der Waals surface area (Å²) in [5, 5.41) is 13.0. The van der Waals surface area contributed by atoms with E-state index in [9.17, 15) is 9.90 Å². The molecule has 0 aromatic heterocycles. The highest BCUT2D eigenvalue weighted by molar-refractivity contribution is 6.31. The van der Waals surface area contributed by atoms with E-state index in [4.69, 9.17) is 11.6 Å². The van der Waals surface area contributed by atoms with Gasteiger partial charge in [-0.05, 0) is 49.4 Å². The first-order chi connectivity index (χ1) is 8.71. The van der Waals surface area contributed by atoms with Crippen LogP contribution in [0.3, 0.4) is 0 Å². The van der Waals surface area contributed by atoms with Crippen LogP contribution >= 0.6 is 11.6 Å². The van der Waals surface area contributed by atoms with Crippen LogP contribution in [0.1, 0.15) is 43.1 Å². The van der Waals surface area contributed by atoms with Crippen molar-refractivity contribution in [3.8, 4) is 0 Å². The number of benzene rings is 1. The predicted octanol–water partition coefficient (Wildman–Crippen LogP) is 3.18. The fraction of sp³-hybridized carbons (Fsp3) is 0.533. The lowest BCUT2D eigenvalue weighted by Gasteiger charge is -2.26. The van der Waals surface area contributed by atoms with Crippen molar-refractivity contribution in [3.05, 3.63) is 34.3 Å². The lowest BCUT2D eigenvalue weighted by atomic mass is 9.87. The standard InChI is InChI=1S/C15H22ClNO2/c1-10-7-12(5-6-13(10)16)14(19)17-9-15(3,4)8-11(2)18/h5-7,11,18H,8-9H2,1-4H3,(H,17,19). The molecule has 1 aromatic rings. The molecule has 3 nitrogen and oxygen atoms in total. The number of hydrogen-bond acceptors (Lipinski definition) is 2. The van der Waals surface area contributed by atoms with Crippen LogP contribution in [0.25, 0.3) is 0 Å². The van der Waals surface area contributed by atoms with E-state index in [2.05, 4.69) is 5.32 Å². The SMILES string of the molecule is Cc1cc(C(=O)NCC(C)(C)CC(C)O)ccc1Cl. The summed E-state index contributed by atoms with van der Waals surface area (Å²) in [5.41, 5.74) is 1.36. The fourth-order valence-corrected chi connectivity index (χ4v) is 2.20. The van der Waals surface area contributed by atoms with Crippen molar-refractivity contribution in [1.29, 1.82) is 0 Å². The third-order valence-corrected chi connectivity index (χ3v) is 3.42. The number of nitrogens with one attached hydrogen (secondary N) is 1. The van der Waals surface area contributed by atoms with Crippen molar-refractivity contribution in [3.63, 3.8) is 0 Å². The van der Waals surface area contributed by atoms with Gasteiger partial charge in [-0.15, -0.1) is 0 Å². The Morgan fingerprint density at radius 1 is 1.47 bits per heavy atom. The van der Waals surface area contributed by atoms with Gasteiger partial charge in [-0.25, -0.2) is 0 Å². The number of carbonyl (C=O) groups excluding carboxylic acids is 1. The minimum Gasteiger partial charge on any atom is -0.393 e. The van der Waals surface area contributed by atoms with Gasteiger partial charge in [0.05, 0.1) is 6.10 Å². The summed E-state index contributed by atoms with van der Waals surface area (Å²) < 4.78 is 0. The largest absolute Gasteiger partial charge is 0.393 e. The Morgan fingerprint density at radius 3 is 2.63 bits per heavy atom. The van der Waals surface area contributed by atoms with Gasteiger partial charge >= 0.3 is 0 Å². The summed E-state index contributed by atoms with van der Waals surface area (Å²) in [6, 6.07) is 5.22. The molecule has 1 atom stereocenters. The molecule has 0 aliphatic heterocycles. The summed E-state index contributed by atoms with van der Waals surface area (Å²) in [6.07, 6.45) is 0.275. The molecule has 1 unspecified atom stereocenters. The van der Waals surface area contributed by atoms with E-state index < -0.39 is 0 Å². The van der Waals surface area contributed by atoms with Crippen molar-refractivity contribution in [2.75, 3.05) is 6.54 Å². The second kappa shape index (κ2) is 6.40. The van der Waals surface area contributed by atoms with E-state index in [1.807, 2.05) is 20.8 Å². The van der Waals surface area contributed by atoms with Crippen molar-refractivity contribution >= 4 is 17.5 Å². The van der Waals surface area contributed by atoms with Gasteiger partial charge in [-0.1, -0.05) is 25.4 Å². The van der Waals surface area contributed by atoms with Gasteiger partial charge in [0.2, 0.25) is 0 Å². The van der Waals surface area contributed by atoms with Crippen LogP contribution in [0.4, 0.5) is 0 Å². The van der Waals surface area contributed by atoms with Crippen LogP contribution in [-0.4, -0.2) is 23.7 Å². The number of aryl methyl sites for hydroxylation is 1. The van der Waals surface area contributed by atoms with E-state index in [1.54, 1.807) is 25.1 Å². The Hall–Kier alpha value is -1.06. The fourth-order valence-electron chi connectivity index (χ4n) is 2.08. The van der Waals surface area contributed by atoms with Crippen molar-refractivity contribution < 1.29 is 9.90 Å². The van der Waals surface area contributed by atoms with Crippen LogP contribution in [0.2, 0.25) is 5.02 Å². The molecule has 0 aliphatic carbocycles. The molecule has 0 bridgehead atoms. The quantitative estimate of drug-likeness (QED) is 0.872. The zero-order valence-corrected chi connectivity index (χ0v) is 12.7. The zero-order chi connectivity index (χ0) is 14.6. The van der Waals surface area contributed by atoms with Crippen LogP contribution in [0.5, 0.6) is 0 Å². The third-order valence-electron chi connectivity index (χ3n) is 3.00. The smallest absolute Gasteiger partial charge is 0.251 e. The number of hydrogen-bond donors (Lipinski definition) is 2. The molecule has 0 heterocycles. The average molecular weight is 284 g/mol. The van der Waals surface area contributed by atoms with Gasteiger partial charge in [0, 0.05) is 17.1 Å². The van der Waals surface area contributed by atoms with Crippen LogP contribution in [0.15, 0.2) is 18.2 Å². The Morgan fingerprint density at radius 2 is 2.11 bits per heavy atom.